The minimum atomic E-state index is -1.17. The van der Waals surface area contributed by atoms with Gasteiger partial charge in [0.1, 0.15) is 0 Å². The summed E-state index contributed by atoms with van der Waals surface area (Å²) in [5, 5.41) is 9.50. The molecule has 0 fully saturated rings. The number of thioether (sulfide) groups is 1. The quantitative estimate of drug-likeness (QED) is 0.309. The largest absolute Gasteiger partial charge is 0.501 e. The number of hydrogen-bond acceptors (Lipinski definition) is 6. The molecule has 0 bridgehead atoms. The van der Waals surface area contributed by atoms with Crippen molar-refractivity contribution >= 4 is 28.8 Å². The molecule has 0 radical (unpaired) electrons. The average Bonchev–Trinajstić information content (AvgIpc) is 1.98. The number of carbonyl (C=O) groups is 3. The lowest BCUT2D eigenvalue weighted by Gasteiger charge is -1.96. The van der Waals surface area contributed by atoms with Crippen molar-refractivity contribution in [2.24, 2.45) is 0 Å². The van der Waals surface area contributed by atoms with Gasteiger partial charge in [-0.3, -0.25) is 9.59 Å². The van der Waals surface area contributed by atoms with Gasteiger partial charge in [0.05, 0.1) is 0 Å². The van der Waals surface area contributed by atoms with Gasteiger partial charge in [-0.25, -0.2) is 4.79 Å². The maximum absolute atomic E-state index is 10.7. The Morgan fingerprint density at radius 3 is 2.23 bits per heavy atom. The molecule has 0 heterocycles. The van der Waals surface area contributed by atoms with Gasteiger partial charge >= 0.3 is 11.9 Å². The second-order valence-electron chi connectivity index (χ2n) is 1.99. The van der Waals surface area contributed by atoms with E-state index in [1.54, 1.807) is 0 Å². The van der Waals surface area contributed by atoms with Crippen LogP contribution in [0.4, 0.5) is 0 Å². The van der Waals surface area contributed by atoms with Crippen LogP contribution in [0.15, 0.2) is 11.2 Å². The molecule has 0 aliphatic rings. The van der Waals surface area contributed by atoms with Crippen LogP contribution in [0.2, 0.25) is 0 Å². The first-order valence-corrected chi connectivity index (χ1v) is 4.10. The monoisotopic (exact) mass is 204 g/mol. The highest BCUT2D eigenvalue weighted by Gasteiger charge is 2.11. The third-order valence-corrected chi connectivity index (χ3v) is 1.46. The van der Waals surface area contributed by atoms with Crippen molar-refractivity contribution in [3.05, 3.63) is 11.2 Å². The molecule has 72 valence electrons. The van der Waals surface area contributed by atoms with Crippen molar-refractivity contribution in [1.29, 1.82) is 0 Å². The zero-order valence-corrected chi connectivity index (χ0v) is 7.88. The van der Waals surface area contributed by atoms with Gasteiger partial charge in [-0.15, -0.1) is 0 Å². The Kier molecular flexibility index (Phi) is 4.83. The van der Waals surface area contributed by atoms with Gasteiger partial charge in [0.2, 0.25) is 5.76 Å². The minimum absolute atomic E-state index is 0.290. The molecule has 5 nitrogen and oxygen atoms in total. The molecule has 0 aromatic heterocycles. The molecular weight excluding hydrogens is 196 g/mol. The van der Waals surface area contributed by atoms with E-state index in [0.29, 0.717) is 11.8 Å². The van der Waals surface area contributed by atoms with Crippen LogP contribution in [-0.2, 0) is 19.1 Å². The first kappa shape index (κ1) is 11.7. The predicted molar refractivity (Wildman–Crippen MR) is 45.8 cm³/mol. The third kappa shape index (κ3) is 5.92. The molecule has 13 heavy (non-hydrogen) atoms. The summed E-state index contributed by atoms with van der Waals surface area (Å²) < 4.78 is 4.02. The molecule has 0 aromatic carbocycles. The number of aliphatic hydroxyl groups excluding tert-OH is 1. The molecule has 6 heteroatoms. The summed E-state index contributed by atoms with van der Waals surface area (Å²) in [6, 6.07) is 0. The third-order valence-electron chi connectivity index (χ3n) is 0.782. The number of carbonyl (C=O) groups excluding carboxylic acids is 3. The molecule has 0 aliphatic heterocycles. The summed E-state index contributed by atoms with van der Waals surface area (Å²) in [6.07, 6.45) is 0. The first-order valence-electron chi connectivity index (χ1n) is 3.22. The van der Waals surface area contributed by atoms with Crippen LogP contribution in [0.5, 0.6) is 0 Å². The summed E-state index contributed by atoms with van der Waals surface area (Å²) in [6.45, 7) is 2.30. The van der Waals surface area contributed by atoms with Gasteiger partial charge in [0.25, 0.3) is 0 Å². The van der Waals surface area contributed by atoms with Crippen LogP contribution in [0, 0.1) is 0 Å². The fraction of sp³-hybridized carbons (Fsp3) is 0.286. The van der Waals surface area contributed by atoms with Crippen LogP contribution in [0.3, 0.4) is 0 Å². The van der Waals surface area contributed by atoms with Crippen molar-refractivity contribution < 1.29 is 24.2 Å². The van der Waals surface area contributed by atoms with Gasteiger partial charge in [-0.1, -0.05) is 11.8 Å². The van der Waals surface area contributed by atoms with E-state index in [9.17, 15) is 14.4 Å². The Morgan fingerprint density at radius 1 is 1.31 bits per heavy atom. The Morgan fingerprint density at radius 2 is 1.85 bits per heavy atom. The van der Waals surface area contributed by atoms with Crippen LogP contribution < -0.4 is 0 Å². The van der Waals surface area contributed by atoms with E-state index in [1.807, 2.05) is 0 Å². The number of rotatable bonds is 2. The van der Waals surface area contributed by atoms with E-state index in [2.05, 4.69) is 4.74 Å². The molecular formula is C7H8O5S. The average molecular weight is 204 g/mol. The normalized spacial score (nSPS) is 10.8. The highest BCUT2D eigenvalue weighted by atomic mass is 32.2. The molecule has 0 aliphatic carbocycles. The van der Waals surface area contributed by atoms with Gasteiger partial charge in [-0.05, 0) is 0 Å². The fourth-order valence-electron chi connectivity index (χ4n) is 0.370. The Bertz CT molecular complexity index is 268. The van der Waals surface area contributed by atoms with E-state index < -0.39 is 17.7 Å². The number of ether oxygens (including phenoxy) is 1. The molecule has 0 rings (SSSR count). The van der Waals surface area contributed by atoms with Crippen LogP contribution in [-0.4, -0.2) is 22.2 Å². The number of aliphatic hydroxyl groups is 1. The van der Waals surface area contributed by atoms with E-state index in [-0.39, 0.29) is 5.12 Å². The lowest BCUT2D eigenvalue weighted by Crippen LogP contribution is -2.11. The van der Waals surface area contributed by atoms with Crippen molar-refractivity contribution in [3.8, 4) is 0 Å². The van der Waals surface area contributed by atoms with E-state index in [0.717, 1.165) is 12.3 Å². The van der Waals surface area contributed by atoms with Crippen LogP contribution in [0.1, 0.15) is 13.8 Å². The number of hydrogen-bond donors (Lipinski definition) is 1. The van der Waals surface area contributed by atoms with Gasteiger partial charge in [0.15, 0.2) is 5.12 Å². The highest BCUT2D eigenvalue weighted by molar-refractivity contribution is 8.16. The van der Waals surface area contributed by atoms with Crippen molar-refractivity contribution in [3.63, 3.8) is 0 Å². The fourth-order valence-corrected chi connectivity index (χ4v) is 0.744. The standard InChI is InChI=1S/C7H8O5S/c1-4(8)12-7(11)6(10)3-13-5(2)9/h3,10H,1-2H3/b6-3+. The summed E-state index contributed by atoms with van der Waals surface area (Å²) in [5.41, 5.74) is 0. The lowest BCUT2D eigenvalue weighted by molar-refractivity contribution is -0.157. The second-order valence-corrected chi connectivity index (χ2v) is 3.04. The zero-order chi connectivity index (χ0) is 10.4. The molecule has 0 spiro atoms. The molecule has 0 saturated carbocycles. The van der Waals surface area contributed by atoms with E-state index in [4.69, 9.17) is 5.11 Å². The molecule has 0 saturated heterocycles. The van der Waals surface area contributed by atoms with Crippen LogP contribution >= 0.6 is 11.8 Å². The second kappa shape index (κ2) is 5.36. The zero-order valence-electron chi connectivity index (χ0n) is 7.07. The van der Waals surface area contributed by atoms with Crippen molar-refractivity contribution in [2.75, 3.05) is 0 Å². The topological polar surface area (TPSA) is 80.7 Å². The molecule has 0 aromatic rings. The Balaban J connectivity index is 4.16. The maximum Gasteiger partial charge on any atom is 0.381 e. The van der Waals surface area contributed by atoms with E-state index in [1.165, 1.54) is 6.92 Å². The SMILES string of the molecule is CC(=O)OC(=O)/C(O)=C\SC(C)=O. The minimum Gasteiger partial charge on any atom is -0.501 e. The van der Waals surface area contributed by atoms with Crippen molar-refractivity contribution in [1.82, 2.24) is 0 Å². The summed E-state index contributed by atoms with van der Waals surface area (Å²) in [5.74, 6) is -2.76. The molecule has 0 atom stereocenters. The summed E-state index contributed by atoms with van der Waals surface area (Å²) >= 11 is 0.632. The molecule has 1 N–H and O–H groups in total. The molecule has 0 amide bonds. The summed E-state index contributed by atoms with van der Waals surface area (Å²) in [4.78, 5) is 31.3. The summed E-state index contributed by atoms with van der Waals surface area (Å²) in [7, 11) is 0. The van der Waals surface area contributed by atoms with Gasteiger partial charge in [-0.2, -0.15) is 0 Å². The van der Waals surface area contributed by atoms with Gasteiger partial charge in [0, 0.05) is 19.3 Å². The van der Waals surface area contributed by atoms with E-state index >= 15 is 0 Å². The maximum atomic E-state index is 10.7. The molecule has 0 unspecified atom stereocenters. The highest BCUT2D eigenvalue weighted by Crippen LogP contribution is 2.07. The Labute approximate surface area is 78.8 Å². The van der Waals surface area contributed by atoms with Crippen molar-refractivity contribution in [2.45, 2.75) is 13.8 Å². The lowest BCUT2D eigenvalue weighted by atomic mass is 10.6. The van der Waals surface area contributed by atoms with Crippen LogP contribution in [0.25, 0.3) is 0 Å². The predicted octanol–water partition coefficient (Wildman–Crippen LogP) is 0.755. The first-order chi connectivity index (χ1) is 5.93. The van der Waals surface area contributed by atoms with Gasteiger partial charge < -0.3 is 9.84 Å². The smallest absolute Gasteiger partial charge is 0.381 e. The Hall–Kier alpha value is -1.30. The number of esters is 2.